The molecule has 1 aliphatic heterocycles. The molecule has 2 rings (SSSR count). The zero-order valence-electron chi connectivity index (χ0n) is 8.92. The Morgan fingerprint density at radius 3 is 3.00 bits per heavy atom. The lowest BCUT2D eigenvalue weighted by Crippen LogP contribution is -2.46. The summed E-state index contributed by atoms with van der Waals surface area (Å²) in [5.41, 5.74) is 6.71. The molecule has 0 bridgehead atoms. The summed E-state index contributed by atoms with van der Waals surface area (Å²) < 4.78 is 1.89. The van der Waals surface area contributed by atoms with E-state index in [1.54, 1.807) is 6.20 Å². The highest BCUT2D eigenvalue weighted by Crippen LogP contribution is 2.20. The second kappa shape index (κ2) is 4.63. The van der Waals surface area contributed by atoms with E-state index in [0.717, 1.165) is 5.69 Å². The van der Waals surface area contributed by atoms with Gasteiger partial charge in [-0.1, -0.05) is 18.0 Å². The molecular formula is C10H13N5S. The van der Waals surface area contributed by atoms with Gasteiger partial charge in [0.25, 0.3) is 0 Å². The molecule has 1 atom stereocenters. The van der Waals surface area contributed by atoms with Crippen LogP contribution in [0.15, 0.2) is 29.4 Å². The lowest BCUT2D eigenvalue weighted by atomic mass is 10.2. The Morgan fingerprint density at radius 2 is 2.38 bits per heavy atom. The largest absolute Gasteiger partial charge is 0.310 e. The molecule has 0 amide bonds. The van der Waals surface area contributed by atoms with Crippen molar-refractivity contribution in [2.75, 3.05) is 6.26 Å². The van der Waals surface area contributed by atoms with Gasteiger partial charge >= 0.3 is 0 Å². The highest BCUT2D eigenvalue weighted by molar-refractivity contribution is 7.96. The monoisotopic (exact) mass is 235 g/mol. The fraction of sp³-hybridized carbons (Fsp3) is 0.300. The first-order valence-electron chi connectivity index (χ1n) is 4.89. The average Bonchev–Trinajstić information content (AvgIpc) is 2.29. The van der Waals surface area contributed by atoms with Crippen LogP contribution in [0.3, 0.4) is 0 Å². The van der Waals surface area contributed by atoms with Crippen molar-refractivity contribution in [2.45, 2.75) is 12.6 Å². The summed E-state index contributed by atoms with van der Waals surface area (Å²) in [5, 5.41) is 7.63. The highest BCUT2D eigenvalue weighted by atomic mass is 32.2. The number of hydrogen-bond donors (Lipinski definition) is 2. The van der Waals surface area contributed by atoms with E-state index in [4.69, 9.17) is 11.1 Å². The summed E-state index contributed by atoms with van der Waals surface area (Å²) in [6.07, 6.45) is 3.90. The van der Waals surface area contributed by atoms with E-state index < -0.39 is 0 Å². The lowest BCUT2D eigenvalue weighted by Gasteiger charge is -2.32. The van der Waals surface area contributed by atoms with E-state index in [2.05, 4.69) is 9.98 Å². The van der Waals surface area contributed by atoms with Crippen molar-refractivity contribution in [3.05, 3.63) is 30.1 Å². The van der Waals surface area contributed by atoms with Gasteiger partial charge in [0.05, 0.1) is 6.17 Å². The van der Waals surface area contributed by atoms with Crippen molar-refractivity contribution in [1.82, 2.24) is 9.29 Å². The normalized spacial score (nSPS) is 20.9. The molecule has 0 saturated heterocycles. The van der Waals surface area contributed by atoms with E-state index in [1.807, 2.05) is 28.8 Å². The number of nitrogens with one attached hydrogen (secondary N) is 1. The van der Waals surface area contributed by atoms with Crippen molar-refractivity contribution in [3.8, 4) is 0 Å². The molecule has 0 radical (unpaired) electrons. The van der Waals surface area contributed by atoms with Crippen LogP contribution in [0.1, 0.15) is 12.1 Å². The smallest absolute Gasteiger partial charge is 0.168 e. The molecule has 3 N–H and O–H groups in total. The zero-order valence-corrected chi connectivity index (χ0v) is 9.74. The van der Waals surface area contributed by atoms with Crippen LogP contribution >= 0.6 is 11.9 Å². The van der Waals surface area contributed by atoms with Crippen LogP contribution < -0.4 is 5.73 Å². The molecule has 1 aliphatic rings. The van der Waals surface area contributed by atoms with Crippen LogP contribution in [-0.2, 0) is 0 Å². The van der Waals surface area contributed by atoms with Gasteiger partial charge in [-0.05, 0) is 12.1 Å². The molecule has 1 unspecified atom stereocenters. The van der Waals surface area contributed by atoms with E-state index in [9.17, 15) is 0 Å². The Bertz CT molecular complexity index is 416. The van der Waals surface area contributed by atoms with E-state index in [1.165, 1.54) is 11.9 Å². The fourth-order valence-corrected chi connectivity index (χ4v) is 2.20. The molecule has 0 saturated carbocycles. The first-order valence-corrected chi connectivity index (χ1v) is 6.07. The molecule has 2 heterocycles. The van der Waals surface area contributed by atoms with E-state index >= 15 is 0 Å². The van der Waals surface area contributed by atoms with Crippen LogP contribution in [0, 0.1) is 5.41 Å². The summed E-state index contributed by atoms with van der Waals surface area (Å²) in [6.45, 7) is 0. The zero-order chi connectivity index (χ0) is 11.5. The lowest BCUT2D eigenvalue weighted by molar-refractivity contribution is 0.490. The first-order chi connectivity index (χ1) is 7.72. The molecule has 5 nitrogen and oxygen atoms in total. The minimum absolute atomic E-state index is 0.211. The van der Waals surface area contributed by atoms with Gasteiger partial charge in [-0.15, -0.1) is 0 Å². The average molecular weight is 235 g/mol. The van der Waals surface area contributed by atoms with Gasteiger partial charge in [-0.2, -0.15) is 0 Å². The Balaban J connectivity index is 2.40. The number of amidine groups is 2. The third-order valence-corrected chi connectivity index (χ3v) is 3.08. The van der Waals surface area contributed by atoms with Gasteiger partial charge in [0.2, 0.25) is 0 Å². The molecule has 1 aromatic rings. The standard InChI is InChI=1S/C10H13N5S/c1-16-15-9(12)6-8(11)14-10(15)7-4-2-3-5-13-7/h2-5,9,11H,6,12H2,1H3. The summed E-state index contributed by atoms with van der Waals surface area (Å²) in [4.78, 5) is 8.45. The predicted octanol–water partition coefficient (Wildman–Crippen LogP) is 1.07. The quantitative estimate of drug-likeness (QED) is 0.752. The molecule has 0 fully saturated rings. The number of pyridine rings is 1. The molecule has 16 heavy (non-hydrogen) atoms. The number of aromatic nitrogens is 1. The van der Waals surface area contributed by atoms with Gasteiger partial charge in [0, 0.05) is 18.9 Å². The summed E-state index contributed by atoms with van der Waals surface area (Å²) in [5.74, 6) is 0.968. The van der Waals surface area contributed by atoms with Crippen molar-refractivity contribution >= 4 is 23.6 Å². The van der Waals surface area contributed by atoms with Crippen LogP contribution in [0.5, 0.6) is 0 Å². The fourth-order valence-electron chi connectivity index (χ4n) is 1.55. The van der Waals surface area contributed by atoms with Gasteiger partial charge < -0.3 is 5.73 Å². The van der Waals surface area contributed by atoms with Gasteiger partial charge in [-0.3, -0.25) is 14.7 Å². The van der Waals surface area contributed by atoms with Crippen LogP contribution in [0.4, 0.5) is 0 Å². The Kier molecular flexibility index (Phi) is 3.21. The maximum Gasteiger partial charge on any atom is 0.168 e. The van der Waals surface area contributed by atoms with Crippen LogP contribution in [0.2, 0.25) is 0 Å². The van der Waals surface area contributed by atoms with Crippen LogP contribution in [0.25, 0.3) is 0 Å². The first kappa shape index (κ1) is 11.1. The van der Waals surface area contributed by atoms with Crippen molar-refractivity contribution in [2.24, 2.45) is 10.7 Å². The number of rotatable bonds is 2. The van der Waals surface area contributed by atoms with Gasteiger partial charge in [0.1, 0.15) is 11.5 Å². The number of nitrogens with zero attached hydrogens (tertiary/aromatic N) is 3. The van der Waals surface area contributed by atoms with Crippen molar-refractivity contribution in [1.29, 1.82) is 5.41 Å². The summed E-state index contributed by atoms with van der Waals surface area (Å²) in [7, 11) is 0. The maximum atomic E-state index is 7.63. The third kappa shape index (κ3) is 2.07. The summed E-state index contributed by atoms with van der Waals surface area (Å²) >= 11 is 1.50. The van der Waals surface area contributed by atoms with Crippen molar-refractivity contribution < 1.29 is 0 Å². The van der Waals surface area contributed by atoms with Gasteiger partial charge in [0.15, 0.2) is 5.84 Å². The predicted molar refractivity (Wildman–Crippen MR) is 66.4 cm³/mol. The Morgan fingerprint density at radius 1 is 1.56 bits per heavy atom. The number of nitrogens with two attached hydrogens (primary N) is 1. The Hall–Kier alpha value is -1.40. The SMILES string of the molecule is CSN1C(c2ccccn2)=NC(=N)CC1N. The van der Waals surface area contributed by atoms with Crippen molar-refractivity contribution in [3.63, 3.8) is 0 Å². The second-order valence-electron chi connectivity index (χ2n) is 3.38. The van der Waals surface area contributed by atoms with Crippen LogP contribution in [-0.4, -0.2) is 33.4 Å². The van der Waals surface area contributed by atoms with Gasteiger partial charge in [-0.25, -0.2) is 4.99 Å². The molecular weight excluding hydrogens is 222 g/mol. The topological polar surface area (TPSA) is 78.4 Å². The minimum Gasteiger partial charge on any atom is -0.310 e. The molecule has 1 aromatic heterocycles. The van der Waals surface area contributed by atoms with E-state index in [0.29, 0.717) is 18.1 Å². The highest BCUT2D eigenvalue weighted by Gasteiger charge is 2.26. The maximum absolute atomic E-state index is 7.63. The second-order valence-corrected chi connectivity index (χ2v) is 4.14. The molecule has 0 aliphatic carbocycles. The molecule has 84 valence electrons. The minimum atomic E-state index is -0.211. The molecule has 0 aromatic carbocycles. The third-order valence-electron chi connectivity index (χ3n) is 2.24. The molecule has 6 heteroatoms. The van der Waals surface area contributed by atoms with E-state index in [-0.39, 0.29) is 6.17 Å². The Labute approximate surface area is 98.4 Å². The number of aliphatic imine (C=N–C) groups is 1. The molecule has 0 spiro atoms. The summed E-state index contributed by atoms with van der Waals surface area (Å²) in [6, 6.07) is 5.61. The number of hydrogen-bond acceptors (Lipinski definition) is 5.